The predicted molar refractivity (Wildman–Crippen MR) is 186 cm³/mol. The van der Waals surface area contributed by atoms with Gasteiger partial charge < -0.3 is 4.90 Å². The van der Waals surface area contributed by atoms with E-state index in [1.54, 1.807) is 42.7 Å². The number of halogens is 2. The van der Waals surface area contributed by atoms with Crippen molar-refractivity contribution >= 4 is 27.3 Å². The number of thiophene rings is 1. The summed E-state index contributed by atoms with van der Waals surface area (Å²) in [6, 6.07) is 23.7. The largest absolute Gasteiger partial charge is 0.337 e. The van der Waals surface area contributed by atoms with Crippen LogP contribution in [-0.2, 0) is 30.7 Å². The van der Waals surface area contributed by atoms with Gasteiger partial charge in [0.15, 0.2) is 0 Å². The highest BCUT2D eigenvalue weighted by atomic mass is 32.1. The van der Waals surface area contributed by atoms with Crippen molar-refractivity contribution in [2.75, 3.05) is 13.6 Å². The van der Waals surface area contributed by atoms with E-state index in [1.807, 2.05) is 50.4 Å². The molecule has 3 aromatic heterocycles. The first-order chi connectivity index (χ1) is 23.2. The molecule has 0 bridgehead atoms. The van der Waals surface area contributed by atoms with Gasteiger partial charge in [-0.1, -0.05) is 55.5 Å². The zero-order chi connectivity index (χ0) is 33.8. The molecule has 0 saturated heterocycles. The lowest BCUT2D eigenvalue weighted by molar-refractivity contribution is -0.118. The summed E-state index contributed by atoms with van der Waals surface area (Å²) in [5, 5.41) is 0.316. The van der Waals surface area contributed by atoms with Gasteiger partial charge in [-0.3, -0.25) is 19.1 Å². The quantitative estimate of drug-likeness (QED) is 0.144. The first kappa shape index (κ1) is 32.9. The van der Waals surface area contributed by atoms with Crippen LogP contribution in [0.3, 0.4) is 0 Å². The van der Waals surface area contributed by atoms with Crippen molar-refractivity contribution in [3.63, 3.8) is 0 Å². The van der Waals surface area contributed by atoms with Crippen LogP contribution in [0.2, 0.25) is 0 Å². The Labute approximate surface area is 280 Å². The van der Waals surface area contributed by atoms with Crippen LogP contribution in [0, 0.1) is 11.6 Å². The summed E-state index contributed by atoms with van der Waals surface area (Å²) in [5.41, 5.74) is 2.40. The molecule has 0 radical (unpaired) electrons. The van der Waals surface area contributed by atoms with Crippen molar-refractivity contribution in [3.8, 4) is 16.1 Å². The van der Waals surface area contributed by atoms with Crippen LogP contribution in [0.4, 0.5) is 8.78 Å². The lowest BCUT2D eigenvalue weighted by atomic mass is 10.0. The first-order valence-corrected chi connectivity index (χ1v) is 16.5. The second kappa shape index (κ2) is 14.4. The molecule has 0 saturated carbocycles. The molecule has 3 aromatic carbocycles. The number of rotatable bonds is 12. The summed E-state index contributed by atoms with van der Waals surface area (Å²) in [4.78, 5) is 48.1. The molecule has 0 atom stereocenters. The van der Waals surface area contributed by atoms with E-state index in [2.05, 4.69) is 9.88 Å². The van der Waals surface area contributed by atoms with Gasteiger partial charge in [-0.2, -0.15) is 0 Å². The number of benzene rings is 3. The molecule has 7 nitrogen and oxygen atoms in total. The summed E-state index contributed by atoms with van der Waals surface area (Å²) >= 11 is 1.25. The Morgan fingerprint density at radius 3 is 2.21 bits per heavy atom. The number of Topliss-reactive ketones (excluding diaryl/α,β-unsaturated/α-hetero) is 1. The molecule has 48 heavy (non-hydrogen) atoms. The number of fused-ring (bicyclic) bond motifs is 1. The fraction of sp³-hybridized carbons (Fsp3) is 0.211. The molecule has 244 valence electrons. The third-order valence-corrected chi connectivity index (χ3v) is 9.74. The zero-order valence-corrected chi connectivity index (χ0v) is 27.5. The molecular formula is C38H34F2N4O3S. The van der Waals surface area contributed by atoms with Gasteiger partial charge in [0, 0.05) is 48.8 Å². The average molecular weight is 665 g/mol. The normalized spacial score (nSPS) is 11.4. The molecule has 0 N–H and O–H groups in total. The van der Waals surface area contributed by atoms with Crippen LogP contribution < -0.4 is 11.2 Å². The fourth-order valence-corrected chi connectivity index (χ4v) is 7.09. The van der Waals surface area contributed by atoms with E-state index in [-0.39, 0.29) is 11.3 Å². The highest BCUT2D eigenvalue weighted by Crippen LogP contribution is 2.38. The van der Waals surface area contributed by atoms with Crippen molar-refractivity contribution in [2.45, 2.75) is 39.3 Å². The third-order valence-electron chi connectivity index (χ3n) is 8.44. The van der Waals surface area contributed by atoms with Gasteiger partial charge in [-0.05, 0) is 72.1 Å². The van der Waals surface area contributed by atoms with Crippen molar-refractivity contribution in [2.24, 2.45) is 0 Å². The molecule has 10 heteroatoms. The Hall–Kier alpha value is -5.06. The molecule has 6 rings (SSSR count). The summed E-state index contributed by atoms with van der Waals surface area (Å²) in [5.74, 6) is -1.43. The van der Waals surface area contributed by atoms with E-state index in [1.165, 1.54) is 22.0 Å². The second-order valence-electron chi connectivity index (χ2n) is 11.7. The average Bonchev–Trinajstić information content (AvgIpc) is 3.47. The maximum atomic E-state index is 15.0. The summed E-state index contributed by atoms with van der Waals surface area (Å²) in [6.45, 7) is 2.47. The number of para-hydroxylation sites is 1. The summed E-state index contributed by atoms with van der Waals surface area (Å²) < 4.78 is 32.4. The number of pyridine rings is 1. The second-order valence-corrected chi connectivity index (χ2v) is 12.7. The van der Waals surface area contributed by atoms with Gasteiger partial charge in [-0.25, -0.2) is 18.1 Å². The van der Waals surface area contributed by atoms with Gasteiger partial charge in [0.2, 0.25) is 0 Å². The standard InChI is InChI=1S/C38H34F2N4O3S/c1-3-29(45)22-26-12-14-27(15-13-26)35-31(23-42(2)21-18-25-16-19-41-20-17-25)34-36(46)44(28-8-5-4-6-9-28)38(47)43(37(34)48-35)24-30-32(39)10-7-11-33(30)40/h4-17,19-20H,3,18,21-24H2,1-2H3. The van der Waals surface area contributed by atoms with E-state index in [9.17, 15) is 14.4 Å². The van der Waals surface area contributed by atoms with Gasteiger partial charge >= 0.3 is 5.69 Å². The number of ketones is 1. The molecule has 0 amide bonds. The van der Waals surface area contributed by atoms with Crippen molar-refractivity contribution < 1.29 is 13.6 Å². The number of nitrogens with zero attached hydrogens (tertiary/aromatic N) is 4. The van der Waals surface area contributed by atoms with Crippen molar-refractivity contribution in [1.29, 1.82) is 0 Å². The van der Waals surface area contributed by atoms with E-state index in [4.69, 9.17) is 0 Å². The minimum atomic E-state index is -0.780. The number of hydrogen-bond acceptors (Lipinski definition) is 6. The van der Waals surface area contributed by atoms with Crippen LogP contribution in [0.1, 0.15) is 35.6 Å². The lowest BCUT2D eigenvalue weighted by Gasteiger charge is -2.18. The van der Waals surface area contributed by atoms with Crippen LogP contribution in [0.5, 0.6) is 0 Å². The van der Waals surface area contributed by atoms with Gasteiger partial charge in [0.1, 0.15) is 22.2 Å². The highest BCUT2D eigenvalue weighted by Gasteiger charge is 2.25. The van der Waals surface area contributed by atoms with Gasteiger partial charge in [0.05, 0.1) is 17.6 Å². The molecule has 3 heterocycles. The van der Waals surface area contributed by atoms with Crippen molar-refractivity contribution in [1.82, 2.24) is 19.0 Å². The number of hydrogen-bond donors (Lipinski definition) is 0. The Morgan fingerprint density at radius 1 is 0.854 bits per heavy atom. The van der Waals surface area contributed by atoms with Crippen LogP contribution in [-0.4, -0.2) is 38.4 Å². The lowest BCUT2D eigenvalue weighted by Crippen LogP contribution is -2.39. The molecule has 0 aliphatic heterocycles. The SMILES string of the molecule is CCC(=O)Cc1ccc(-c2sc3c(c2CN(C)CCc2ccncc2)c(=O)n(-c2ccccc2)c(=O)n3Cc2c(F)cccc2F)cc1. The summed E-state index contributed by atoms with van der Waals surface area (Å²) in [7, 11) is 1.97. The molecular weight excluding hydrogens is 631 g/mol. The maximum absolute atomic E-state index is 15.0. The fourth-order valence-electron chi connectivity index (χ4n) is 5.78. The van der Waals surface area contributed by atoms with E-state index < -0.39 is 29.4 Å². The molecule has 0 fully saturated rings. The first-order valence-electron chi connectivity index (χ1n) is 15.7. The molecule has 0 spiro atoms. The number of aromatic nitrogens is 3. The molecule has 0 aliphatic rings. The Morgan fingerprint density at radius 2 is 1.54 bits per heavy atom. The van der Waals surface area contributed by atoms with Crippen molar-refractivity contribution in [3.05, 3.63) is 152 Å². The number of likely N-dealkylation sites (N-methyl/N-ethyl adjacent to an activating group) is 1. The van der Waals surface area contributed by atoms with E-state index >= 15 is 8.78 Å². The minimum absolute atomic E-state index is 0.131. The maximum Gasteiger partial charge on any atom is 0.337 e. The van der Waals surface area contributed by atoms with E-state index in [0.29, 0.717) is 47.4 Å². The topological polar surface area (TPSA) is 77.2 Å². The van der Waals surface area contributed by atoms with Gasteiger partial charge in [-0.15, -0.1) is 11.3 Å². The number of carbonyl (C=O) groups is 1. The van der Waals surface area contributed by atoms with Crippen LogP contribution >= 0.6 is 11.3 Å². The minimum Gasteiger partial charge on any atom is -0.302 e. The Kier molecular flexibility index (Phi) is 9.84. The molecule has 6 aromatic rings. The van der Waals surface area contributed by atoms with Crippen LogP contribution in [0.15, 0.2) is 107 Å². The summed E-state index contributed by atoms with van der Waals surface area (Å²) in [6.07, 6.45) is 5.02. The van der Waals surface area contributed by atoms with E-state index in [0.717, 1.165) is 44.7 Å². The highest BCUT2D eigenvalue weighted by molar-refractivity contribution is 7.22. The Balaban J connectivity index is 1.57. The number of carbonyl (C=O) groups excluding carboxylic acids is 1. The smallest absolute Gasteiger partial charge is 0.302 e. The third kappa shape index (κ3) is 6.81. The van der Waals surface area contributed by atoms with Crippen LogP contribution in [0.25, 0.3) is 26.3 Å². The zero-order valence-electron chi connectivity index (χ0n) is 26.7. The molecule has 0 aliphatic carbocycles. The predicted octanol–water partition coefficient (Wildman–Crippen LogP) is 6.80. The molecule has 0 unspecified atom stereocenters. The Bertz CT molecular complexity index is 2170. The monoisotopic (exact) mass is 664 g/mol. The van der Waals surface area contributed by atoms with Gasteiger partial charge in [0.25, 0.3) is 5.56 Å².